The summed E-state index contributed by atoms with van der Waals surface area (Å²) in [5.41, 5.74) is 1.66. The highest BCUT2D eigenvalue weighted by Gasteiger charge is 2.08. The predicted octanol–water partition coefficient (Wildman–Crippen LogP) is 1.48. The van der Waals surface area contributed by atoms with Crippen LogP contribution in [0.2, 0.25) is 0 Å². The first-order valence-corrected chi connectivity index (χ1v) is 6.87. The fraction of sp³-hybridized carbons (Fsp3) is 0.467. The maximum absolute atomic E-state index is 11.8. The SMILES string of the molecule is CCOC(=O)CCNCC(=O)Nc1cc(C)ccc1OC. The zero-order valence-electron chi connectivity index (χ0n) is 12.7. The van der Waals surface area contributed by atoms with Gasteiger partial charge in [-0.15, -0.1) is 0 Å². The summed E-state index contributed by atoms with van der Waals surface area (Å²) in [6.45, 7) is 4.58. The van der Waals surface area contributed by atoms with E-state index in [4.69, 9.17) is 9.47 Å². The van der Waals surface area contributed by atoms with Crippen molar-refractivity contribution < 1.29 is 19.1 Å². The second-order valence-corrected chi connectivity index (χ2v) is 4.48. The number of hydrogen-bond acceptors (Lipinski definition) is 5. The van der Waals surface area contributed by atoms with Crippen molar-refractivity contribution in [3.05, 3.63) is 23.8 Å². The molecule has 0 saturated carbocycles. The number of methoxy groups -OCH3 is 1. The minimum atomic E-state index is -0.272. The van der Waals surface area contributed by atoms with Gasteiger partial charge in [0, 0.05) is 6.54 Å². The smallest absolute Gasteiger partial charge is 0.307 e. The maximum atomic E-state index is 11.8. The van der Waals surface area contributed by atoms with E-state index in [0.717, 1.165) is 5.56 Å². The molecular formula is C15H22N2O4. The predicted molar refractivity (Wildman–Crippen MR) is 80.5 cm³/mol. The largest absolute Gasteiger partial charge is 0.495 e. The molecule has 0 aliphatic carbocycles. The van der Waals surface area contributed by atoms with Crippen LogP contribution in [0.4, 0.5) is 5.69 Å². The fourth-order valence-electron chi connectivity index (χ4n) is 1.74. The molecule has 0 saturated heterocycles. The van der Waals surface area contributed by atoms with E-state index >= 15 is 0 Å². The number of ether oxygens (including phenoxy) is 2. The van der Waals surface area contributed by atoms with E-state index in [1.54, 1.807) is 20.1 Å². The van der Waals surface area contributed by atoms with Gasteiger partial charge in [-0.2, -0.15) is 0 Å². The first-order valence-electron chi connectivity index (χ1n) is 6.87. The number of carbonyl (C=O) groups is 2. The molecule has 1 aromatic rings. The summed E-state index contributed by atoms with van der Waals surface area (Å²) in [5.74, 6) is 0.147. The van der Waals surface area contributed by atoms with Crippen molar-refractivity contribution in [3.8, 4) is 5.75 Å². The highest BCUT2D eigenvalue weighted by Crippen LogP contribution is 2.24. The Morgan fingerprint density at radius 3 is 2.71 bits per heavy atom. The van der Waals surface area contributed by atoms with Crippen LogP contribution in [-0.4, -0.2) is 38.7 Å². The number of hydrogen-bond donors (Lipinski definition) is 2. The Kier molecular flexibility index (Phi) is 7.25. The Bertz CT molecular complexity index is 489. The topological polar surface area (TPSA) is 76.7 Å². The molecule has 6 heteroatoms. The van der Waals surface area contributed by atoms with E-state index in [2.05, 4.69) is 10.6 Å². The molecule has 0 spiro atoms. The van der Waals surface area contributed by atoms with Gasteiger partial charge < -0.3 is 20.1 Å². The molecule has 0 unspecified atom stereocenters. The Hall–Kier alpha value is -2.08. The van der Waals surface area contributed by atoms with Crippen molar-refractivity contribution in [2.75, 3.05) is 32.1 Å². The lowest BCUT2D eigenvalue weighted by molar-refractivity contribution is -0.143. The third-order valence-corrected chi connectivity index (χ3v) is 2.73. The van der Waals surface area contributed by atoms with E-state index in [0.29, 0.717) is 24.6 Å². The minimum Gasteiger partial charge on any atom is -0.495 e. The van der Waals surface area contributed by atoms with Gasteiger partial charge in [-0.3, -0.25) is 9.59 Å². The zero-order valence-corrected chi connectivity index (χ0v) is 12.7. The molecule has 6 nitrogen and oxygen atoms in total. The number of aryl methyl sites for hydroxylation is 1. The molecule has 1 amide bonds. The second kappa shape index (κ2) is 8.97. The van der Waals surface area contributed by atoms with E-state index in [9.17, 15) is 9.59 Å². The van der Waals surface area contributed by atoms with Gasteiger partial charge in [-0.25, -0.2) is 0 Å². The van der Waals surface area contributed by atoms with Gasteiger partial charge in [0.25, 0.3) is 0 Å². The summed E-state index contributed by atoms with van der Waals surface area (Å²) in [7, 11) is 1.55. The number of nitrogens with one attached hydrogen (secondary N) is 2. The molecule has 0 bridgehead atoms. The normalized spacial score (nSPS) is 10.0. The van der Waals surface area contributed by atoms with Gasteiger partial charge in [0.2, 0.25) is 5.91 Å². The molecule has 1 rings (SSSR count). The summed E-state index contributed by atoms with van der Waals surface area (Å²) in [6.07, 6.45) is 0.245. The molecule has 0 aliphatic heterocycles. The van der Waals surface area contributed by atoms with E-state index in [1.165, 1.54) is 0 Å². The van der Waals surface area contributed by atoms with E-state index in [1.807, 2.05) is 19.1 Å². The van der Waals surface area contributed by atoms with Gasteiger partial charge in [-0.05, 0) is 31.5 Å². The number of benzene rings is 1. The van der Waals surface area contributed by atoms with Crippen LogP contribution in [0.15, 0.2) is 18.2 Å². The maximum Gasteiger partial charge on any atom is 0.307 e. The van der Waals surface area contributed by atoms with Gasteiger partial charge in [-0.1, -0.05) is 6.07 Å². The van der Waals surface area contributed by atoms with Crippen LogP contribution in [-0.2, 0) is 14.3 Å². The lowest BCUT2D eigenvalue weighted by Gasteiger charge is -2.11. The lowest BCUT2D eigenvalue weighted by Crippen LogP contribution is -2.30. The summed E-state index contributed by atoms with van der Waals surface area (Å²) in [6, 6.07) is 5.56. The Morgan fingerprint density at radius 2 is 2.05 bits per heavy atom. The van der Waals surface area contributed by atoms with Crippen LogP contribution >= 0.6 is 0 Å². The van der Waals surface area contributed by atoms with Gasteiger partial charge in [0.1, 0.15) is 5.75 Å². The molecule has 0 fully saturated rings. The van der Waals surface area contributed by atoms with Crippen LogP contribution in [0.25, 0.3) is 0 Å². The van der Waals surface area contributed by atoms with Crippen molar-refractivity contribution >= 4 is 17.6 Å². The molecular weight excluding hydrogens is 272 g/mol. The number of amides is 1. The molecule has 1 aromatic carbocycles. The number of rotatable bonds is 8. The second-order valence-electron chi connectivity index (χ2n) is 4.48. The fourth-order valence-corrected chi connectivity index (χ4v) is 1.74. The van der Waals surface area contributed by atoms with Crippen molar-refractivity contribution in [1.29, 1.82) is 0 Å². The third kappa shape index (κ3) is 6.27. The molecule has 0 aliphatic rings. The Balaban J connectivity index is 2.37. The molecule has 0 aromatic heterocycles. The van der Waals surface area contributed by atoms with Crippen LogP contribution in [0.3, 0.4) is 0 Å². The quantitative estimate of drug-likeness (QED) is 0.561. The van der Waals surface area contributed by atoms with Crippen LogP contribution < -0.4 is 15.4 Å². The van der Waals surface area contributed by atoms with Crippen LogP contribution in [0.1, 0.15) is 18.9 Å². The summed E-state index contributed by atoms with van der Waals surface area (Å²) in [5, 5.41) is 5.67. The highest BCUT2D eigenvalue weighted by molar-refractivity contribution is 5.93. The average Bonchev–Trinajstić information content (AvgIpc) is 2.44. The third-order valence-electron chi connectivity index (χ3n) is 2.73. The summed E-state index contributed by atoms with van der Waals surface area (Å²) in [4.78, 5) is 22.9. The first kappa shape index (κ1) is 17.0. The van der Waals surface area contributed by atoms with E-state index < -0.39 is 0 Å². The lowest BCUT2D eigenvalue weighted by atomic mass is 10.2. The highest BCUT2D eigenvalue weighted by atomic mass is 16.5. The molecule has 21 heavy (non-hydrogen) atoms. The monoisotopic (exact) mass is 294 g/mol. The molecule has 116 valence electrons. The van der Waals surface area contributed by atoms with Crippen molar-refractivity contribution in [1.82, 2.24) is 5.32 Å². The molecule has 2 N–H and O–H groups in total. The summed E-state index contributed by atoms with van der Waals surface area (Å²) >= 11 is 0. The minimum absolute atomic E-state index is 0.122. The number of anilines is 1. The van der Waals surface area contributed by atoms with Gasteiger partial charge in [0.15, 0.2) is 0 Å². The van der Waals surface area contributed by atoms with Crippen LogP contribution in [0.5, 0.6) is 5.75 Å². The van der Waals surface area contributed by atoms with Gasteiger partial charge >= 0.3 is 5.97 Å². The van der Waals surface area contributed by atoms with Crippen LogP contribution in [0, 0.1) is 6.92 Å². The number of carbonyl (C=O) groups excluding carboxylic acids is 2. The average molecular weight is 294 g/mol. The van der Waals surface area contributed by atoms with Crippen molar-refractivity contribution in [2.24, 2.45) is 0 Å². The van der Waals surface area contributed by atoms with E-state index in [-0.39, 0.29) is 24.8 Å². The Morgan fingerprint density at radius 1 is 1.29 bits per heavy atom. The molecule has 0 heterocycles. The van der Waals surface area contributed by atoms with Crippen molar-refractivity contribution in [2.45, 2.75) is 20.3 Å². The Labute approximate surface area is 124 Å². The first-order chi connectivity index (χ1) is 10.1. The zero-order chi connectivity index (χ0) is 15.7. The molecule has 0 atom stereocenters. The van der Waals surface area contributed by atoms with Gasteiger partial charge in [0.05, 0.1) is 32.4 Å². The van der Waals surface area contributed by atoms with Crippen molar-refractivity contribution in [3.63, 3.8) is 0 Å². The number of esters is 1. The standard InChI is InChI=1S/C15H22N2O4/c1-4-21-15(19)7-8-16-10-14(18)17-12-9-11(2)5-6-13(12)20-3/h5-6,9,16H,4,7-8,10H2,1-3H3,(H,17,18). The molecule has 0 radical (unpaired) electrons. The summed E-state index contributed by atoms with van der Waals surface area (Å²) < 4.78 is 9.98.